The molecule has 1 aliphatic rings. The Balaban J connectivity index is 1.73. The van der Waals surface area contributed by atoms with Gasteiger partial charge < -0.3 is 24.4 Å². The molecular formula is C17H24N2O5. The first kappa shape index (κ1) is 18.1. The van der Waals surface area contributed by atoms with Gasteiger partial charge in [0.15, 0.2) is 18.1 Å². The van der Waals surface area contributed by atoms with E-state index in [1.54, 1.807) is 24.1 Å². The average Bonchev–Trinajstić information content (AvgIpc) is 2.61. The molecule has 7 heteroatoms. The molecule has 1 fully saturated rings. The largest absolute Gasteiger partial charge is 0.493 e. The number of ether oxygens (including phenoxy) is 3. The molecule has 0 spiro atoms. The maximum Gasteiger partial charge on any atom is 0.258 e. The number of carbonyl (C=O) groups excluding carboxylic acids is 2. The Labute approximate surface area is 141 Å². The summed E-state index contributed by atoms with van der Waals surface area (Å²) in [7, 11) is 3.06. The number of nitrogens with one attached hydrogen (secondary N) is 1. The van der Waals surface area contributed by atoms with Crippen molar-refractivity contribution in [3.63, 3.8) is 0 Å². The van der Waals surface area contributed by atoms with Crippen molar-refractivity contribution in [2.45, 2.75) is 18.9 Å². The van der Waals surface area contributed by atoms with Crippen LogP contribution < -0.4 is 14.8 Å². The minimum atomic E-state index is -0.178. The molecule has 1 saturated heterocycles. The fourth-order valence-corrected chi connectivity index (χ4v) is 2.64. The van der Waals surface area contributed by atoms with E-state index in [9.17, 15) is 9.59 Å². The lowest BCUT2D eigenvalue weighted by Gasteiger charge is -2.32. The highest BCUT2D eigenvalue weighted by Crippen LogP contribution is 2.25. The number of amides is 2. The molecular weight excluding hydrogens is 312 g/mol. The molecule has 1 N–H and O–H groups in total. The van der Waals surface area contributed by atoms with Crippen LogP contribution in [-0.4, -0.2) is 63.3 Å². The van der Waals surface area contributed by atoms with Gasteiger partial charge in [-0.2, -0.15) is 0 Å². The molecule has 24 heavy (non-hydrogen) atoms. The maximum atomic E-state index is 12.0. The van der Waals surface area contributed by atoms with Gasteiger partial charge in [0.25, 0.3) is 5.91 Å². The third-order valence-corrected chi connectivity index (χ3v) is 3.91. The van der Waals surface area contributed by atoms with Gasteiger partial charge in [-0.05, 0) is 25.0 Å². The van der Waals surface area contributed by atoms with Gasteiger partial charge >= 0.3 is 0 Å². The lowest BCUT2D eigenvalue weighted by Crippen LogP contribution is -2.48. The molecule has 1 heterocycles. The zero-order valence-electron chi connectivity index (χ0n) is 14.1. The van der Waals surface area contributed by atoms with E-state index in [0.717, 1.165) is 12.8 Å². The van der Waals surface area contributed by atoms with Gasteiger partial charge in [-0.3, -0.25) is 9.59 Å². The van der Waals surface area contributed by atoms with Crippen LogP contribution in [0.1, 0.15) is 12.8 Å². The predicted octanol–water partition coefficient (Wildman–Crippen LogP) is 0.828. The number of hydrogen-bond donors (Lipinski definition) is 1. The number of piperidine rings is 1. The van der Waals surface area contributed by atoms with E-state index in [-0.39, 0.29) is 31.1 Å². The minimum absolute atomic E-state index is 0.0122. The van der Waals surface area contributed by atoms with Crippen LogP contribution in [-0.2, 0) is 14.3 Å². The Morgan fingerprint density at radius 1 is 1.12 bits per heavy atom. The number of nitrogens with zero attached hydrogens (tertiary/aromatic N) is 1. The summed E-state index contributed by atoms with van der Waals surface area (Å²) in [6, 6.07) is 7.25. The Hall–Kier alpha value is -2.28. The standard InChI is InChI=1S/C17H24N2O5/c1-22-12-17(21)19-9-7-13(8-10-19)18-16(20)11-24-15-6-4-3-5-14(15)23-2/h3-6,13H,7-12H2,1-2H3,(H,18,20). The van der Waals surface area contributed by atoms with Crippen LogP contribution in [0.25, 0.3) is 0 Å². The number of methoxy groups -OCH3 is 2. The van der Waals surface area contributed by atoms with Gasteiger partial charge in [0, 0.05) is 26.2 Å². The zero-order chi connectivity index (χ0) is 17.4. The quantitative estimate of drug-likeness (QED) is 0.798. The van der Waals surface area contributed by atoms with E-state index in [4.69, 9.17) is 14.2 Å². The first-order valence-corrected chi connectivity index (χ1v) is 7.96. The van der Waals surface area contributed by atoms with Crippen molar-refractivity contribution in [3.8, 4) is 11.5 Å². The zero-order valence-corrected chi connectivity index (χ0v) is 14.1. The van der Waals surface area contributed by atoms with Crippen LogP contribution in [0.15, 0.2) is 24.3 Å². The summed E-state index contributed by atoms with van der Waals surface area (Å²) in [5, 5.41) is 2.94. The summed E-state index contributed by atoms with van der Waals surface area (Å²) in [4.78, 5) is 25.5. The first-order chi connectivity index (χ1) is 11.6. The molecule has 132 valence electrons. The topological polar surface area (TPSA) is 77.1 Å². The van der Waals surface area contributed by atoms with Crippen LogP contribution >= 0.6 is 0 Å². The summed E-state index contributed by atoms with van der Waals surface area (Å²) in [6.45, 7) is 1.29. The SMILES string of the molecule is COCC(=O)N1CCC(NC(=O)COc2ccccc2OC)CC1. The second kappa shape index (κ2) is 9.12. The lowest BCUT2D eigenvalue weighted by atomic mass is 10.1. The predicted molar refractivity (Wildman–Crippen MR) is 88.1 cm³/mol. The van der Waals surface area contributed by atoms with Gasteiger partial charge in [-0.25, -0.2) is 0 Å². The lowest BCUT2D eigenvalue weighted by molar-refractivity contribution is -0.136. The number of rotatable bonds is 7. The van der Waals surface area contributed by atoms with Crippen molar-refractivity contribution in [1.82, 2.24) is 10.2 Å². The van der Waals surface area contributed by atoms with E-state index >= 15 is 0 Å². The normalized spacial score (nSPS) is 15.0. The van der Waals surface area contributed by atoms with Crippen LogP contribution in [0.2, 0.25) is 0 Å². The molecule has 2 amide bonds. The van der Waals surface area contributed by atoms with Crippen molar-refractivity contribution in [2.24, 2.45) is 0 Å². The minimum Gasteiger partial charge on any atom is -0.493 e. The molecule has 0 aromatic heterocycles. The monoisotopic (exact) mass is 336 g/mol. The Bertz CT molecular complexity index is 556. The van der Waals surface area contributed by atoms with E-state index in [0.29, 0.717) is 24.6 Å². The van der Waals surface area contributed by atoms with Crippen molar-refractivity contribution in [1.29, 1.82) is 0 Å². The third kappa shape index (κ3) is 5.13. The highest BCUT2D eigenvalue weighted by molar-refractivity contribution is 5.78. The van der Waals surface area contributed by atoms with E-state index in [1.807, 2.05) is 12.1 Å². The van der Waals surface area contributed by atoms with Crippen molar-refractivity contribution < 1.29 is 23.8 Å². The Morgan fingerprint density at radius 2 is 1.79 bits per heavy atom. The summed E-state index contributed by atoms with van der Waals surface area (Å²) in [6.07, 6.45) is 1.46. The van der Waals surface area contributed by atoms with Gasteiger partial charge in [-0.1, -0.05) is 12.1 Å². The van der Waals surface area contributed by atoms with Crippen molar-refractivity contribution >= 4 is 11.8 Å². The van der Waals surface area contributed by atoms with E-state index in [1.165, 1.54) is 7.11 Å². The van der Waals surface area contributed by atoms with Gasteiger partial charge in [0.2, 0.25) is 5.91 Å². The first-order valence-electron chi connectivity index (χ1n) is 7.96. The molecule has 0 saturated carbocycles. The number of para-hydroxylation sites is 2. The summed E-state index contributed by atoms with van der Waals surface area (Å²) in [5.41, 5.74) is 0. The highest BCUT2D eigenvalue weighted by atomic mass is 16.5. The fourth-order valence-electron chi connectivity index (χ4n) is 2.64. The second-order valence-corrected chi connectivity index (χ2v) is 5.60. The van der Waals surface area contributed by atoms with Crippen LogP contribution in [0.5, 0.6) is 11.5 Å². The highest BCUT2D eigenvalue weighted by Gasteiger charge is 2.23. The molecule has 7 nitrogen and oxygen atoms in total. The fraction of sp³-hybridized carbons (Fsp3) is 0.529. The average molecular weight is 336 g/mol. The molecule has 0 bridgehead atoms. The molecule has 1 aliphatic heterocycles. The summed E-state index contributed by atoms with van der Waals surface area (Å²) in [5.74, 6) is 0.940. The van der Waals surface area contributed by atoms with Crippen LogP contribution in [0.4, 0.5) is 0 Å². The molecule has 0 atom stereocenters. The molecule has 0 radical (unpaired) electrons. The van der Waals surface area contributed by atoms with Crippen LogP contribution in [0, 0.1) is 0 Å². The van der Waals surface area contributed by atoms with Gasteiger partial charge in [0.1, 0.15) is 6.61 Å². The molecule has 0 unspecified atom stereocenters. The second-order valence-electron chi connectivity index (χ2n) is 5.60. The summed E-state index contributed by atoms with van der Waals surface area (Å²) >= 11 is 0. The van der Waals surface area contributed by atoms with Gasteiger partial charge in [-0.15, -0.1) is 0 Å². The van der Waals surface area contributed by atoms with E-state index in [2.05, 4.69) is 5.32 Å². The number of carbonyl (C=O) groups is 2. The molecule has 1 aromatic carbocycles. The third-order valence-electron chi connectivity index (χ3n) is 3.91. The molecule has 0 aliphatic carbocycles. The number of likely N-dealkylation sites (tertiary alicyclic amines) is 1. The van der Waals surface area contributed by atoms with Crippen molar-refractivity contribution in [3.05, 3.63) is 24.3 Å². The van der Waals surface area contributed by atoms with Crippen molar-refractivity contribution in [2.75, 3.05) is 40.5 Å². The number of hydrogen-bond acceptors (Lipinski definition) is 5. The van der Waals surface area contributed by atoms with Crippen LogP contribution in [0.3, 0.4) is 0 Å². The molecule has 2 rings (SSSR count). The number of benzene rings is 1. The molecule has 1 aromatic rings. The smallest absolute Gasteiger partial charge is 0.258 e. The summed E-state index contributed by atoms with van der Waals surface area (Å²) < 4.78 is 15.5. The maximum absolute atomic E-state index is 12.0. The van der Waals surface area contributed by atoms with Gasteiger partial charge in [0.05, 0.1) is 7.11 Å². The van der Waals surface area contributed by atoms with E-state index < -0.39 is 0 Å². The Morgan fingerprint density at radius 3 is 2.42 bits per heavy atom. The Kier molecular flexibility index (Phi) is 6.87.